The Morgan fingerprint density at radius 3 is 2.65 bits per heavy atom. The first-order chi connectivity index (χ1) is 9.65. The Morgan fingerprint density at radius 1 is 1.35 bits per heavy atom. The molecule has 0 amide bonds. The van der Waals surface area contributed by atoms with Crippen LogP contribution in [0, 0.1) is 0 Å². The van der Waals surface area contributed by atoms with Gasteiger partial charge in [-0.25, -0.2) is 4.79 Å². The van der Waals surface area contributed by atoms with Crippen molar-refractivity contribution in [1.29, 1.82) is 0 Å². The Kier molecular flexibility index (Phi) is 7.62. The van der Waals surface area contributed by atoms with Crippen molar-refractivity contribution in [2.24, 2.45) is 0 Å². The Labute approximate surface area is 120 Å². The molecule has 1 rings (SSSR count). The summed E-state index contributed by atoms with van der Waals surface area (Å²) in [5.74, 6) is -0.265. The molecule has 0 bridgehead atoms. The van der Waals surface area contributed by atoms with Gasteiger partial charge in [-0.15, -0.1) is 0 Å². The fraction of sp³-hybridized carbons (Fsp3) is 0.438. The van der Waals surface area contributed by atoms with E-state index in [0.29, 0.717) is 26.4 Å². The van der Waals surface area contributed by atoms with Gasteiger partial charge in [0.05, 0.1) is 19.8 Å². The average Bonchev–Trinajstić information content (AvgIpc) is 2.43. The first-order valence-electron chi connectivity index (χ1n) is 6.82. The normalized spacial score (nSPS) is 11.9. The molecule has 20 heavy (non-hydrogen) atoms. The predicted molar refractivity (Wildman–Crippen MR) is 79.5 cm³/mol. The summed E-state index contributed by atoms with van der Waals surface area (Å²) in [6.45, 7) is 9.49. The summed E-state index contributed by atoms with van der Waals surface area (Å²) < 4.78 is 10.5. The minimum Gasteiger partial charge on any atom is -0.465 e. The number of nitrogens with one attached hydrogen (secondary N) is 1. The molecule has 1 unspecified atom stereocenters. The van der Waals surface area contributed by atoms with E-state index in [0.717, 1.165) is 11.1 Å². The van der Waals surface area contributed by atoms with Gasteiger partial charge >= 0.3 is 5.97 Å². The molecule has 110 valence electrons. The third kappa shape index (κ3) is 5.99. The standard InChI is InChI=1S/C16H23NO3/c1-4-20-16(18)15(14-8-6-5-7-9-14)17-10-11-19-12-13(2)3/h5-9,15,17H,2,4,10-12H2,1,3H3. The zero-order valence-corrected chi connectivity index (χ0v) is 12.2. The van der Waals surface area contributed by atoms with Crippen LogP contribution < -0.4 is 5.32 Å². The van der Waals surface area contributed by atoms with Gasteiger partial charge in [0.15, 0.2) is 0 Å². The second-order valence-electron chi connectivity index (χ2n) is 4.56. The summed E-state index contributed by atoms with van der Waals surface area (Å²) in [7, 11) is 0. The van der Waals surface area contributed by atoms with Crippen LogP contribution in [0.15, 0.2) is 42.5 Å². The Balaban J connectivity index is 2.51. The molecule has 1 aromatic carbocycles. The van der Waals surface area contributed by atoms with Gasteiger partial charge in [-0.3, -0.25) is 5.32 Å². The lowest BCUT2D eigenvalue weighted by Gasteiger charge is -2.17. The summed E-state index contributed by atoms with van der Waals surface area (Å²) >= 11 is 0. The van der Waals surface area contributed by atoms with E-state index in [2.05, 4.69) is 11.9 Å². The minimum absolute atomic E-state index is 0.265. The van der Waals surface area contributed by atoms with Crippen LogP contribution in [-0.2, 0) is 14.3 Å². The highest BCUT2D eigenvalue weighted by molar-refractivity contribution is 5.77. The molecule has 0 aromatic heterocycles. The molecule has 1 N–H and O–H groups in total. The SMILES string of the molecule is C=C(C)COCCNC(C(=O)OCC)c1ccccc1. The molecule has 0 heterocycles. The summed E-state index contributed by atoms with van der Waals surface area (Å²) in [6.07, 6.45) is 0. The largest absolute Gasteiger partial charge is 0.465 e. The highest BCUT2D eigenvalue weighted by Gasteiger charge is 2.20. The van der Waals surface area contributed by atoms with Crippen LogP contribution in [-0.4, -0.2) is 32.3 Å². The van der Waals surface area contributed by atoms with E-state index < -0.39 is 6.04 Å². The van der Waals surface area contributed by atoms with E-state index >= 15 is 0 Å². The number of rotatable bonds is 9. The summed E-state index contributed by atoms with van der Waals surface area (Å²) in [4.78, 5) is 12.0. The number of hydrogen-bond donors (Lipinski definition) is 1. The number of benzene rings is 1. The van der Waals surface area contributed by atoms with Crippen LogP contribution in [0.4, 0.5) is 0 Å². The summed E-state index contributed by atoms with van der Waals surface area (Å²) in [5, 5.41) is 3.17. The van der Waals surface area contributed by atoms with Gasteiger partial charge in [-0.1, -0.05) is 42.5 Å². The van der Waals surface area contributed by atoms with Gasteiger partial charge in [0, 0.05) is 6.54 Å². The van der Waals surface area contributed by atoms with Crippen LogP contribution in [0.2, 0.25) is 0 Å². The minimum atomic E-state index is -0.454. The maximum Gasteiger partial charge on any atom is 0.327 e. The molecule has 0 saturated heterocycles. The van der Waals surface area contributed by atoms with Gasteiger partial charge in [0.1, 0.15) is 6.04 Å². The molecule has 0 aliphatic carbocycles. The first kappa shape index (κ1) is 16.4. The highest BCUT2D eigenvalue weighted by atomic mass is 16.5. The molecule has 0 spiro atoms. The fourth-order valence-corrected chi connectivity index (χ4v) is 1.73. The Hall–Kier alpha value is -1.65. The van der Waals surface area contributed by atoms with Crippen LogP contribution in [0.3, 0.4) is 0 Å². The number of esters is 1. The van der Waals surface area contributed by atoms with Crippen molar-refractivity contribution in [1.82, 2.24) is 5.32 Å². The van der Waals surface area contributed by atoms with Crippen molar-refractivity contribution in [3.8, 4) is 0 Å². The summed E-state index contributed by atoms with van der Waals surface area (Å²) in [5.41, 5.74) is 1.88. The smallest absolute Gasteiger partial charge is 0.327 e. The van der Waals surface area contributed by atoms with Crippen LogP contribution in [0.25, 0.3) is 0 Å². The molecule has 1 atom stereocenters. The second-order valence-corrected chi connectivity index (χ2v) is 4.56. The number of carbonyl (C=O) groups is 1. The van der Waals surface area contributed by atoms with E-state index in [1.54, 1.807) is 6.92 Å². The van der Waals surface area contributed by atoms with E-state index in [-0.39, 0.29) is 5.97 Å². The van der Waals surface area contributed by atoms with Crippen LogP contribution in [0.5, 0.6) is 0 Å². The van der Waals surface area contributed by atoms with E-state index in [1.165, 1.54) is 0 Å². The van der Waals surface area contributed by atoms with Crippen LogP contribution >= 0.6 is 0 Å². The Morgan fingerprint density at radius 2 is 2.05 bits per heavy atom. The lowest BCUT2D eigenvalue weighted by atomic mass is 10.1. The zero-order chi connectivity index (χ0) is 14.8. The molecule has 0 saturated carbocycles. The fourth-order valence-electron chi connectivity index (χ4n) is 1.73. The van der Waals surface area contributed by atoms with Gasteiger partial charge in [-0.05, 0) is 19.4 Å². The average molecular weight is 277 g/mol. The molecule has 0 fully saturated rings. The van der Waals surface area contributed by atoms with Crippen molar-refractivity contribution < 1.29 is 14.3 Å². The number of ether oxygens (including phenoxy) is 2. The van der Waals surface area contributed by atoms with E-state index in [4.69, 9.17) is 9.47 Å². The first-order valence-corrected chi connectivity index (χ1v) is 6.82. The second kappa shape index (κ2) is 9.28. The maximum atomic E-state index is 12.0. The zero-order valence-electron chi connectivity index (χ0n) is 12.2. The predicted octanol–water partition coefficient (Wildman–Crippen LogP) is 2.47. The lowest BCUT2D eigenvalue weighted by molar-refractivity contribution is -0.145. The van der Waals surface area contributed by atoms with Crippen molar-refractivity contribution in [3.63, 3.8) is 0 Å². The van der Waals surface area contributed by atoms with Crippen molar-refractivity contribution >= 4 is 5.97 Å². The maximum absolute atomic E-state index is 12.0. The van der Waals surface area contributed by atoms with Gasteiger partial charge in [-0.2, -0.15) is 0 Å². The quantitative estimate of drug-likeness (QED) is 0.428. The van der Waals surface area contributed by atoms with Gasteiger partial charge in [0.2, 0.25) is 0 Å². The topological polar surface area (TPSA) is 47.6 Å². The molecule has 1 aromatic rings. The third-order valence-corrected chi connectivity index (χ3v) is 2.60. The molecule has 0 aliphatic rings. The van der Waals surface area contributed by atoms with Crippen molar-refractivity contribution in [2.45, 2.75) is 19.9 Å². The highest BCUT2D eigenvalue weighted by Crippen LogP contribution is 2.14. The number of hydrogen-bond acceptors (Lipinski definition) is 4. The van der Waals surface area contributed by atoms with Crippen molar-refractivity contribution in [2.75, 3.05) is 26.4 Å². The summed E-state index contributed by atoms with van der Waals surface area (Å²) in [6, 6.07) is 9.08. The molecule has 0 aliphatic heterocycles. The monoisotopic (exact) mass is 277 g/mol. The van der Waals surface area contributed by atoms with Gasteiger partial charge in [0.25, 0.3) is 0 Å². The molecule has 4 nitrogen and oxygen atoms in total. The third-order valence-electron chi connectivity index (χ3n) is 2.60. The van der Waals surface area contributed by atoms with Crippen molar-refractivity contribution in [3.05, 3.63) is 48.0 Å². The van der Waals surface area contributed by atoms with Gasteiger partial charge < -0.3 is 9.47 Å². The molecule has 4 heteroatoms. The molecular weight excluding hydrogens is 254 g/mol. The lowest BCUT2D eigenvalue weighted by Crippen LogP contribution is -2.32. The molecule has 0 radical (unpaired) electrons. The number of carbonyl (C=O) groups excluding carboxylic acids is 1. The van der Waals surface area contributed by atoms with E-state index in [9.17, 15) is 4.79 Å². The molecular formula is C16H23NO3. The van der Waals surface area contributed by atoms with Crippen LogP contribution in [0.1, 0.15) is 25.5 Å². The van der Waals surface area contributed by atoms with E-state index in [1.807, 2.05) is 37.3 Å². The Bertz CT molecular complexity index is 417.